The highest BCUT2D eigenvalue weighted by molar-refractivity contribution is 7.07. The number of hydrogen-bond donors (Lipinski definition) is 1. The molecule has 1 heterocycles. The highest BCUT2D eigenvalue weighted by Gasteiger charge is 2.25. The van der Waals surface area contributed by atoms with Gasteiger partial charge in [-0.05, 0) is 29.9 Å². The van der Waals surface area contributed by atoms with Crippen LogP contribution in [0, 0.1) is 0 Å². The van der Waals surface area contributed by atoms with E-state index in [1.165, 1.54) is 36.2 Å². The van der Waals surface area contributed by atoms with Crippen molar-refractivity contribution in [2.24, 2.45) is 0 Å². The minimum absolute atomic E-state index is 0.571. The van der Waals surface area contributed by atoms with Crippen LogP contribution in [-0.2, 0) is 0 Å². The van der Waals surface area contributed by atoms with E-state index in [2.05, 4.69) is 17.1 Å². The van der Waals surface area contributed by atoms with Crippen molar-refractivity contribution in [2.75, 3.05) is 0 Å². The van der Waals surface area contributed by atoms with Crippen molar-refractivity contribution in [1.82, 2.24) is 4.98 Å². The predicted octanol–water partition coefficient (Wildman–Crippen LogP) is 3.49. The van der Waals surface area contributed by atoms with Crippen molar-refractivity contribution < 1.29 is 5.11 Å². The summed E-state index contributed by atoms with van der Waals surface area (Å²) in [5.74, 6) is 0.638. The molecule has 0 amide bonds. The zero-order valence-electron chi connectivity index (χ0n) is 9.54. The number of aromatic nitrogens is 1. The van der Waals surface area contributed by atoms with E-state index in [1.54, 1.807) is 5.51 Å². The quantitative estimate of drug-likeness (QED) is 0.898. The van der Waals surface area contributed by atoms with Crippen LogP contribution in [-0.4, -0.2) is 10.1 Å². The number of aliphatic hydroxyl groups is 1. The minimum Gasteiger partial charge on any atom is -0.382 e. The number of rotatable bonds is 3. The molecule has 2 aromatic rings. The van der Waals surface area contributed by atoms with E-state index in [1.807, 2.05) is 17.5 Å². The van der Waals surface area contributed by atoms with Crippen LogP contribution in [0.3, 0.4) is 0 Å². The molecule has 0 saturated heterocycles. The summed E-state index contributed by atoms with van der Waals surface area (Å²) < 4.78 is 0. The number of hydrogen-bond acceptors (Lipinski definition) is 3. The van der Waals surface area contributed by atoms with Crippen LogP contribution in [0.4, 0.5) is 0 Å². The maximum absolute atomic E-state index is 10.4. The first kappa shape index (κ1) is 10.9. The molecule has 1 aromatic heterocycles. The topological polar surface area (TPSA) is 33.1 Å². The van der Waals surface area contributed by atoms with Gasteiger partial charge in [0.1, 0.15) is 6.10 Å². The summed E-state index contributed by atoms with van der Waals surface area (Å²) in [6, 6.07) is 8.23. The molecular weight excluding hydrogens is 230 g/mol. The highest BCUT2D eigenvalue weighted by atomic mass is 32.1. The first-order chi connectivity index (χ1) is 8.36. The summed E-state index contributed by atoms with van der Waals surface area (Å²) in [5, 5.41) is 12.3. The third kappa shape index (κ3) is 2.01. The second-order valence-electron chi connectivity index (χ2n) is 4.57. The maximum atomic E-state index is 10.4. The van der Waals surface area contributed by atoms with Gasteiger partial charge in [-0.3, -0.25) is 0 Å². The fraction of sp³-hybridized carbons (Fsp3) is 0.357. The van der Waals surface area contributed by atoms with Crippen LogP contribution in [0.15, 0.2) is 35.2 Å². The molecule has 1 aliphatic rings. The van der Waals surface area contributed by atoms with Crippen LogP contribution in [0.2, 0.25) is 0 Å². The van der Waals surface area contributed by atoms with Crippen molar-refractivity contribution >= 4 is 11.3 Å². The molecule has 1 unspecified atom stereocenters. The monoisotopic (exact) mass is 245 g/mol. The molecule has 1 atom stereocenters. The maximum Gasteiger partial charge on any atom is 0.122 e. The molecule has 1 aliphatic carbocycles. The largest absolute Gasteiger partial charge is 0.382 e. The van der Waals surface area contributed by atoms with E-state index in [4.69, 9.17) is 0 Å². The average molecular weight is 245 g/mol. The molecule has 0 aliphatic heterocycles. The Morgan fingerprint density at radius 3 is 2.76 bits per heavy atom. The van der Waals surface area contributed by atoms with E-state index in [-0.39, 0.29) is 0 Å². The van der Waals surface area contributed by atoms with E-state index in [0.717, 1.165) is 11.3 Å². The Morgan fingerprint density at radius 2 is 2.12 bits per heavy atom. The third-order valence-electron chi connectivity index (χ3n) is 3.57. The Hall–Kier alpha value is -1.19. The summed E-state index contributed by atoms with van der Waals surface area (Å²) in [6.07, 6.45) is 3.24. The first-order valence-electron chi connectivity index (χ1n) is 6.01. The van der Waals surface area contributed by atoms with Gasteiger partial charge in [-0.25, -0.2) is 4.98 Å². The fourth-order valence-corrected chi connectivity index (χ4v) is 2.94. The van der Waals surface area contributed by atoms with Gasteiger partial charge < -0.3 is 5.11 Å². The van der Waals surface area contributed by atoms with Gasteiger partial charge in [0.15, 0.2) is 0 Å². The summed E-state index contributed by atoms with van der Waals surface area (Å²) >= 11 is 1.53. The number of nitrogens with zero attached hydrogens (tertiary/aromatic N) is 1. The summed E-state index contributed by atoms with van der Waals surface area (Å²) in [7, 11) is 0. The van der Waals surface area contributed by atoms with Crippen LogP contribution in [0.5, 0.6) is 0 Å². The second-order valence-corrected chi connectivity index (χ2v) is 5.29. The zero-order valence-corrected chi connectivity index (χ0v) is 10.4. The van der Waals surface area contributed by atoms with Crippen LogP contribution < -0.4 is 0 Å². The number of aliphatic hydroxyl groups excluding tert-OH is 1. The van der Waals surface area contributed by atoms with Gasteiger partial charge in [-0.1, -0.05) is 30.7 Å². The third-order valence-corrected chi connectivity index (χ3v) is 4.17. The molecule has 2 nitrogen and oxygen atoms in total. The Morgan fingerprint density at radius 1 is 1.29 bits per heavy atom. The molecule has 1 aromatic carbocycles. The van der Waals surface area contributed by atoms with E-state index in [0.29, 0.717) is 5.92 Å². The standard InChI is InChI=1S/C14H15NOS/c16-14(13-8-17-9-15-13)12-7-2-1-6-11(12)10-4-3-5-10/h1-2,6-10,14,16H,3-5H2. The molecule has 88 valence electrons. The highest BCUT2D eigenvalue weighted by Crippen LogP contribution is 2.40. The molecule has 1 N–H and O–H groups in total. The van der Waals surface area contributed by atoms with Crippen molar-refractivity contribution in [3.05, 3.63) is 52.0 Å². The molecule has 1 saturated carbocycles. The Kier molecular flexibility index (Phi) is 2.95. The van der Waals surface area contributed by atoms with Crippen LogP contribution in [0.1, 0.15) is 48.1 Å². The molecule has 3 heteroatoms. The Bertz CT molecular complexity index is 491. The van der Waals surface area contributed by atoms with Gasteiger partial charge in [-0.15, -0.1) is 11.3 Å². The predicted molar refractivity (Wildman–Crippen MR) is 69.2 cm³/mol. The lowest BCUT2D eigenvalue weighted by molar-refractivity contribution is 0.213. The lowest BCUT2D eigenvalue weighted by Crippen LogP contribution is -2.13. The number of benzene rings is 1. The SMILES string of the molecule is OC(c1cscn1)c1ccccc1C1CCC1. The molecule has 1 fully saturated rings. The first-order valence-corrected chi connectivity index (χ1v) is 6.95. The molecule has 0 radical (unpaired) electrons. The molecule has 0 spiro atoms. The van der Waals surface area contributed by atoms with Gasteiger partial charge in [0.25, 0.3) is 0 Å². The summed E-state index contributed by atoms with van der Waals surface area (Å²) in [6.45, 7) is 0. The van der Waals surface area contributed by atoms with E-state index >= 15 is 0 Å². The molecule has 17 heavy (non-hydrogen) atoms. The zero-order chi connectivity index (χ0) is 11.7. The average Bonchev–Trinajstić information content (AvgIpc) is 2.80. The summed E-state index contributed by atoms with van der Waals surface area (Å²) in [4.78, 5) is 4.21. The Labute approximate surface area is 105 Å². The number of thiazole rings is 1. The lowest BCUT2D eigenvalue weighted by atomic mass is 9.77. The van der Waals surface area contributed by atoms with Gasteiger partial charge in [-0.2, -0.15) is 0 Å². The van der Waals surface area contributed by atoms with Crippen molar-refractivity contribution in [3.8, 4) is 0 Å². The molecular formula is C14H15NOS. The van der Waals surface area contributed by atoms with Gasteiger partial charge in [0.05, 0.1) is 11.2 Å². The molecule has 0 bridgehead atoms. The van der Waals surface area contributed by atoms with Gasteiger partial charge in [0, 0.05) is 5.38 Å². The summed E-state index contributed by atoms with van der Waals surface area (Å²) in [5.41, 5.74) is 4.87. The fourth-order valence-electron chi connectivity index (χ4n) is 2.37. The van der Waals surface area contributed by atoms with Crippen LogP contribution in [0.25, 0.3) is 0 Å². The van der Waals surface area contributed by atoms with Crippen molar-refractivity contribution in [2.45, 2.75) is 31.3 Å². The lowest BCUT2D eigenvalue weighted by Gasteiger charge is -2.29. The molecule has 3 rings (SSSR count). The van der Waals surface area contributed by atoms with E-state index < -0.39 is 6.10 Å². The van der Waals surface area contributed by atoms with Gasteiger partial charge >= 0.3 is 0 Å². The van der Waals surface area contributed by atoms with Crippen LogP contribution >= 0.6 is 11.3 Å². The second kappa shape index (κ2) is 4.59. The smallest absolute Gasteiger partial charge is 0.122 e. The Balaban J connectivity index is 1.96. The van der Waals surface area contributed by atoms with Gasteiger partial charge in [0.2, 0.25) is 0 Å². The normalized spacial score (nSPS) is 17.7. The minimum atomic E-state index is -0.571. The van der Waals surface area contributed by atoms with Crippen molar-refractivity contribution in [3.63, 3.8) is 0 Å². The van der Waals surface area contributed by atoms with E-state index in [9.17, 15) is 5.11 Å². The van der Waals surface area contributed by atoms with Crippen molar-refractivity contribution in [1.29, 1.82) is 0 Å².